The number of phenols is 1. The predicted octanol–water partition coefficient (Wildman–Crippen LogP) is 2.02. The lowest BCUT2D eigenvalue weighted by atomic mass is 10.1. The number of amides is 1. The minimum atomic E-state index is -0.677. The zero-order valence-corrected chi connectivity index (χ0v) is 12.5. The van der Waals surface area contributed by atoms with Crippen LogP contribution in [-0.4, -0.2) is 28.5 Å². The molecular formula is C16H14N2O6. The van der Waals surface area contributed by atoms with Gasteiger partial charge in [0.2, 0.25) is 0 Å². The number of carbonyl (C=O) groups excluding carboxylic acids is 2. The largest absolute Gasteiger partial charge is 0.508 e. The molecule has 0 radical (unpaired) electrons. The van der Waals surface area contributed by atoms with Gasteiger partial charge in [-0.15, -0.1) is 0 Å². The molecule has 0 heterocycles. The van der Waals surface area contributed by atoms with Crippen LogP contribution in [0.25, 0.3) is 0 Å². The molecule has 2 aromatic carbocycles. The number of hydrogen-bond donors (Lipinski definition) is 2. The van der Waals surface area contributed by atoms with Gasteiger partial charge in [-0.25, -0.2) is 0 Å². The maximum atomic E-state index is 11.7. The maximum Gasteiger partial charge on any atom is 0.310 e. The zero-order chi connectivity index (χ0) is 17.5. The Morgan fingerprint density at radius 1 is 1.12 bits per heavy atom. The predicted molar refractivity (Wildman–Crippen MR) is 84.5 cm³/mol. The first-order valence-corrected chi connectivity index (χ1v) is 6.92. The Morgan fingerprint density at radius 2 is 1.79 bits per heavy atom. The Bertz CT molecular complexity index is 757. The van der Waals surface area contributed by atoms with E-state index in [0.29, 0.717) is 5.56 Å². The van der Waals surface area contributed by atoms with Crippen LogP contribution in [0.15, 0.2) is 48.5 Å². The van der Waals surface area contributed by atoms with Crippen molar-refractivity contribution in [1.29, 1.82) is 0 Å². The van der Waals surface area contributed by atoms with E-state index in [0.717, 1.165) is 0 Å². The number of rotatable bonds is 6. The number of ether oxygens (including phenoxy) is 1. The molecular weight excluding hydrogens is 316 g/mol. The molecule has 2 N–H and O–H groups in total. The first kappa shape index (κ1) is 16.9. The van der Waals surface area contributed by atoms with Crippen molar-refractivity contribution in [3.63, 3.8) is 0 Å². The van der Waals surface area contributed by atoms with Crippen molar-refractivity contribution < 1.29 is 24.4 Å². The second-order valence-corrected chi connectivity index (χ2v) is 4.83. The number of carbonyl (C=O) groups is 2. The third kappa shape index (κ3) is 4.80. The number of para-hydroxylation sites is 2. The molecule has 124 valence electrons. The monoisotopic (exact) mass is 330 g/mol. The van der Waals surface area contributed by atoms with Gasteiger partial charge in [0.25, 0.3) is 11.6 Å². The van der Waals surface area contributed by atoms with Crippen LogP contribution >= 0.6 is 0 Å². The van der Waals surface area contributed by atoms with Gasteiger partial charge in [0.1, 0.15) is 11.4 Å². The van der Waals surface area contributed by atoms with E-state index in [1.54, 1.807) is 18.2 Å². The van der Waals surface area contributed by atoms with Crippen LogP contribution in [-0.2, 0) is 20.7 Å². The number of esters is 1. The van der Waals surface area contributed by atoms with Gasteiger partial charge in [-0.05, 0) is 23.8 Å². The van der Waals surface area contributed by atoms with Crippen LogP contribution in [0.5, 0.6) is 5.75 Å². The van der Waals surface area contributed by atoms with Crippen molar-refractivity contribution in [3.05, 3.63) is 64.2 Å². The van der Waals surface area contributed by atoms with Gasteiger partial charge >= 0.3 is 5.97 Å². The Labute approximate surface area is 136 Å². The fourth-order valence-electron chi connectivity index (χ4n) is 1.90. The van der Waals surface area contributed by atoms with Crippen LogP contribution in [0.3, 0.4) is 0 Å². The van der Waals surface area contributed by atoms with Gasteiger partial charge in [0, 0.05) is 6.07 Å². The highest BCUT2D eigenvalue weighted by Gasteiger charge is 2.15. The zero-order valence-electron chi connectivity index (χ0n) is 12.5. The Kier molecular flexibility index (Phi) is 5.45. The van der Waals surface area contributed by atoms with Gasteiger partial charge in [-0.3, -0.25) is 19.7 Å². The number of nitro benzene ring substituents is 1. The number of aromatic hydroxyl groups is 1. The SMILES string of the molecule is O=C(COC(=O)Cc1ccc(O)cc1)Nc1ccccc1[N+](=O)[O-]. The number of benzene rings is 2. The molecule has 0 fully saturated rings. The lowest BCUT2D eigenvalue weighted by molar-refractivity contribution is -0.383. The first-order chi connectivity index (χ1) is 11.5. The van der Waals surface area contributed by atoms with Crippen LogP contribution in [0.4, 0.5) is 11.4 Å². The molecule has 0 saturated heterocycles. The number of phenolic OH excluding ortho intramolecular Hbond substituents is 1. The summed E-state index contributed by atoms with van der Waals surface area (Å²) in [6.45, 7) is -0.553. The first-order valence-electron chi connectivity index (χ1n) is 6.92. The third-order valence-electron chi connectivity index (χ3n) is 3.02. The number of nitro groups is 1. The third-order valence-corrected chi connectivity index (χ3v) is 3.02. The molecule has 0 aliphatic heterocycles. The van der Waals surface area contributed by atoms with Crippen molar-refractivity contribution in [2.24, 2.45) is 0 Å². The summed E-state index contributed by atoms with van der Waals surface area (Å²) in [6.07, 6.45) is -0.0565. The lowest BCUT2D eigenvalue weighted by Crippen LogP contribution is -2.22. The van der Waals surface area contributed by atoms with E-state index in [4.69, 9.17) is 9.84 Å². The summed E-state index contributed by atoms with van der Waals surface area (Å²) >= 11 is 0. The molecule has 0 bridgehead atoms. The molecule has 0 atom stereocenters. The van der Waals surface area contributed by atoms with E-state index in [-0.39, 0.29) is 23.5 Å². The number of nitrogens with zero attached hydrogens (tertiary/aromatic N) is 1. The van der Waals surface area contributed by atoms with Crippen molar-refractivity contribution in [3.8, 4) is 5.75 Å². The summed E-state index contributed by atoms with van der Waals surface area (Å²) in [5.41, 5.74) is 0.403. The van der Waals surface area contributed by atoms with E-state index in [2.05, 4.69) is 5.32 Å². The topological polar surface area (TPSA) is 119 Å². The fraction of sp³-hybridized carbons (Fsp3) is 0.125. The minimum absolute atomic E-state index is 0.0297. The summed E-state index contributed by atoms with van der Waals surface area (Å²) in [7, 11) is 0. The van der Waals surface area contributed by atoms with Gasteiger partial charge < -0.3 is 15.2 Å². The average molecular weight is 330 g/mol. The Morgan fingerprint density at radius 3 is 2.46 bits per heavy atom. The molecule has 0 aliphatic carbocycles. The highest BCUT2D eigenvalue weighted by Crippen LogP contribution is 2.22. The van der Waals surface area contributed by atoms with E-state index in [1.807, 2.05) is 0 Å². The summed E-state index contributed by atoms with van der Waals surface area (Å²) in [4.78, 5) is 33.6. The molecule has 0 aliphatic rings. The van der Waals surface area contributed by atoms with Crippen molar-refractivity contribution in [1.82, 2.24) is 0 Å². The standard InChI is InChI=1S/C16H14N2O6/c19-12-7-5-11(6-8-12)9-16(21)24-10-15(20)17-13-3-1-2-4-14(13)18(22)23/h1-8,19H,9-10H2,(H,17,20). The van der Waals surface area contributed by atoms with Gasteiger partial charge in [-0.2, -0.15) is 0 Å². The van der Waals surface area contributed by atoms with Crippen LogP contribution in [0, 0.1) is 10.1 Å². The summed E-state index contributed by atoms with van der Waals surface area (Å²) < 4.78 is 4.83. The smallest absolute Gasteiger partial charge is 0.310 e. The molecule has 2 rings (SSSR count). The lowest BCUT2D eigenvalue weighted by Gasteiger charge is -2.07. The van der Waals surface area contributed by atoms with Crippen LogP contribution in [0.2, 0.25) is 0 Å². The highest BCUT2D eigenvalue weighted by molar-refractivity contribution is 5.94. The van der Waals surface area contributed by atoms with E-state index < -0.39 is 23.4 Å². The van der Waals surface area contributed by atoms with E-state index in [1.165, 1.54) is 30.3 Å². The molecule has 0 unspecified atom stereocenters. The quantitative estimate of drug-likeness (QED) is 0.475. The molecule has 1 amide bonds. The average Bonchev–Trinajstić information content (AvgIpc) is 2.55. The van der Waals surface area contributed by atoms with Crippen molar-refractivity contribution in [2.45, 2.75) is 6.42 Å². The number of nitrogens with one attached hydrogen (secondary N) is 1. The number of anilines is 1. The molecule has 0 aromatic heterocycles. The molecule has 2 aromatic rings. The molecule has 8 nitrogen and oxygen atoms in total. The highest BCUT2D eigenvalue weighted by atomic mass is 16.6. The molecule has 24 heavy (non-hydrogen) atoms. The second kappa shape index (κ2) is 7.73. The molecule has 8 heteroatoms. The second-order valence-electron chi connectivity index (χ2n) is 4.83. The Balaban J connectivity index is 1.86. The summed E-state index contributed by atoms with van der Waals surface area (Å²) in [5.74, 6) is -1.22. The normalized spacial score (nSPS) is 10.0. The van der Waals surface area contributed by atoms with Crippen molar-refractivity contribution in [2.75, 3.05) is 11.9 Å². The summed E-state index contributed by atoms with van der Waals surface area (Å²) in [6, 6.07) is 11.6. The Hall–Kier alpha value is -3.42. The van der Waals surface area contributed by atoms with Crippen LogP contribution in [0.1, 0.15) is 5.56 Å². The van der Waals surface area contributed by atoms with E-state index in [9.17, 15) is 19.7 Å². The van der Waals surface area contributed by atoms with Gasteiger partial charge in [0.15, 0.2) is 6.61 Å². The minimum Gasteiger partial charge on any atom is -0.508 e. The molecule has 0 spiro atoms. The maximum absolute atomic E-state index is 11.7. The van der Waals surface area contributed by atoms with Crippen LogP contribution < -0.4 is 5.32 Å². The van der Waals surface area contributed by atoms with Gasteiger partial charge in [-0.1, -0.05) is 24.3 Å². The number of hydrogen-bond acceptors (Lipinski definition) is 6. The fourth-order valence-corrected chi connectivity index (χ4v) is 1.90. The molecule has 0 saturated carbocycles. The van der Waals surface area contributed by atoms with Crippen molar-refractivity contribution >= 4 is 23.3 Å². The van der Waals surface area contributed by atoms with Gasteiger partial charge in [0.05, 0.1) is 11.3 Å². The summed E-state index contributed by atoms with van der Waals surface area (Å²) in [5, 5.41) is 22.3. The van der Waals surface area contributed by atoms with E-state index >= 15 is 0 Å².